The number of rotatable bonds is 8. The summed E-state index contributed by atoms with van der Waals surface area (Å²) in [4.78, 5) is 13.4. The standard InChI is InChI=1S/C12H23NO3/c1-15-9-8-13(7-6-12(14)16-2)10-11-4-3-5-11/h11H,3-10H2,1-2H3. The Morgan fingerprint density at radius 3 is 2.56 bits per heavy atom. The molecule has 0 bridgehead atoms. The van der Waals surface area contributed by atoms with E-state index < -0.39 is 0 Å². The van der Waals surface area contributed by atoms with Gasteiger partial charge in [-0.25, -0.2) is 0 Å². The van der Waals surface area contributed by atoms with Crippen LogP contribution in [0.1, 0.15) is 25.7 Å². The normalized spacial score (nSPS) is 16.2. The van der Waals surface area contributed by atoms with Crippen molar-refractivity contribution in [2.45, 2.75) is 25.7 Å². The molecular formula is C12H23NO3. The van der Waals surface area contributed by atoms with Gasteiger partial charge in [-0.05, 0) is 18.8 Å². The number of methoxy groups -OCH3 is 2. The molecule has 1 aliphatic carbocycles. The molecule has 0 aromatic carbocycles. The van der Waals surface area contributed by atoms with Gasteiger partial charge in [-0.2, -0.15) is 0 Å². The number of carbonyl (C=O) groups excluding carboxylic acids is 1. The quantitative estimate of drug-likeness (QED) is 0.588. The molecule has 0 amide bonds. The van der Waals surface area contributed by atoms with E-state index in [1.165, 1.54) is 26.4 Å². The maximum atomic E-state index is 11.1. The van der Waals surface area contributed by atoms with E-state index >= 15 is 0 Å². The summed E-state index contributed by atoms with van der Waals surface area (Å²) < 4.78 is 9.73. The highest BCUT2D eigenvalue weighted by atomic mass is 16.5. The average Bonchev–Trinajstić information content (AvgIpc) is 2.25. The van der Waals surface area contributed by atoms with Gasteiger partial charge in [0.15, 0.2) is 0 Å². The van der Waals surface area contributed by atoms with Crippen LogP contribution in [-0.2, 0) is 14.3 Å². The summed E-state index contributed by atoms with van der Waals surface area (Å²) in [5, 5.41) is 0. The van der Waals surface area contributed by atoms with E-state index in [0.717, 1.165) is 32.2 Å². The van der Waals surface area contributed by atoms with Gasteiger partial charge in [-0.15, -0.1) is 0 Å². The zero-order valence-corrected chi connectivity index (χ0v) is 10.4. The van der Waals surface area contributed by atoms with Crippen molar-refractivity contribution in [2.24, 2.45) is 5.92 Å². The summed E-state index contributed by atoms with van der Waals surface area (Å²) in [6.07, 6.45) is 4.51. The van der Waals surface area contributed by atoms with Crippen LogP contribution in [0.2, 0.25) is 0 Å². The van der Waals surface area contributed by atoms with Crippen molar-refractivity contribution < 1.29 is 14.3 Å². The maximum absolute atomic E-state index is 11.1. The van der Waals surface area contributed by atoms with Crippen LogP contribution in [0, 0.1) is 5.92 Å². The van der Waals surface area contributed by atoms with Crippen molar-refractivity contribution in [1.82, 2.24) is 4.90 Å². The van der Waals surface area contributed by atoms with Gasteiger partial charge in [0, 0.05) is 26.7 Å². The highest BCUT2D eigenvalue weighted by Crippen LogP contribution is 2.27. The average molecular weight is 229 g/mol. The van der Waals surface area contributed by atoms with Gasteiger partial charge in [-0.3, -0.25) is 4.79 Å². The smallest absolute Gasteiger partial charge is 0.306 e. The number of hydrogen-bond donors (Lipinski definition) is 0. The number of hydrogen-bond acceptors (Lipinski definition) is 4. The molecule has 4 heteroatoms. The van der Waals surface area contributed by atoms with Crippen LogP contribution in [0.4, 0.5) is 0 Å². The lowest BCUT2D eigenvalue weighted by Crippen LogP contribution is -2.36. The van der Waals surface area contributed by atoms with E-state index in [2.05, 4.69) is 9.64 Å². The second-order valence-corrected chi connectivity index (χ2v) is 4.42. The Morgan fingerprint density at radius 2 is 2.06 bits per heavy atom. The fraction of sp³-hybridized carbons (Fsp3) is 0.917. The zero-order valence-electron chi connectivity index (χ0n) is 10.4. The molecule has 0 aromatic heterocycles. The van der Waals surface area contributed by atoms with Crippen molar-refractivity contribution >= 4 is 5.97 Å². The third kappa shape index (κ3) is 4.94. The third-order valence-corrected chi connectivity index (χ3v) is 3.21. The first-order chi connectivity index (χ1) is 7.76. The van der Waals surface area contributed by atoms with Crippen molar-refractivity contribution in [3.8, 4) is 0 Å². The van der Waals surface area contributed by atoms with E-state index in [9.17, 15) is 4.79 Å². The molecule has 94 valence electrons. The molecule has 0 N–H and O–H groups in total. The minimum atomic E-state index is -0.129. The summed E-state index contributed by atoms with van der Waals surface area (Å²) in [5.74, 6) is 0.700. The molecule has 0 aliphatic heterocycles. The lowest BCUT2D eigenvalue weighted by molar-refractivity contribution is -0.141. The predicted molar refractivity (Wildman–Crippen MR) is 62.3 cm³/mol. The van der Waals surface area contributed by atoms with E-state index in [4.69, 9.17) is 4.74 Å². The van der Waals surface area contributed by atoms with Crippen molar-refractivity contribution in [3.63, 3.8) is 0 Å². The molecule has 0 unspecified atom stereocenters. The molecule has 0 atom stereocenters. The summed E-state index contributed by atoms with van der Waals surface area (Å²) in [5.41, 5.74) is 0. The Kier molecular flexibility index (Phi) is 6.42. The summed E-state index contributed by atoms with van der Waals surface area (Å²) in [6.45, 7) is 3.52. The predicted octanol–water partition coefficient (Wildman–Crippen LogP) is 1.30. The van der Waals surface area contributed by atoms with E-state index in [0.29, 0.717) is 6.42 Å². The van der Waals surface area contributed by atoms with Gasteiger partial charge in [0.2, 0.25) is 0 Å². The molecule has 0 heterocycles. The van der Waals surface area contributed by atoms with Crippen LogP contribution in [0.3, 0.4) is 0 Å². The molecule has 0 spiro atoms. The lowest BCUT2D eigenvalue weighted by atomic mass is 9.85. The molecule has 0 aromatic rings. The third-order valence-electron chi connectivity index (χ3n) is 3.21. The number of ether oxygens (including phenoxy) is 2. The molecule has 1 fully saturated rings. The van der Waals surface area contributed by atoms with Gasteiger partial charge >= 0.3 is 5.97 Å². The fourth-order valence-electron chi connectivity index (χ4n) is 1.91. The van der Waals surface area contributed by atoms with Gasteiger partial charge in [0.05, 0.1) is 20.1 Å². The molecule has 16 heavy (non-hydrogen) atoms. The Morgan fingerprint density at radius 1 is 1.31 bits per heavy atom. The molecule has 0 radical (unpaired) electrons. The largest absolute Gasteiger partial charge is 0.469 e. The minimum Gasteiger partial charge on any atom is -0.469 e. The summed E-state index contributed by atoms with van der Waals surface area (Å²) >= 11 is 0. The van der Waals surface area contributed by atoms with Gasteiger partial charge in [-0.1, -0.05) is 6.42 Å². The first-order valence-corrected chi connectivity index (χ1v) is 6.04. The Labute approximate surface area is 97.9 Å². The van der Waals surface area contributed by atoms with Crippen LogP contribution < -0.4 is 0 Å². The molecule has 4 nitrogen and oxygen atoms in total. The Bertz CT molecular complexity index is 204. The summed E-state index contributed by atoms with van der Waals surface area (Å²) in [7, 11) is 3.15. The first-order valence-electron chi connectivity index (χ1n) is 6.04. The highest BCUT2D eigenvalue weighted by molar-refractivity contribution is 5.69. The minimum absolute atomic E-state index is 0.129. The van der Waals surface area contributed by atoms with Gasteiger partial charge in [0.25, 0.3) is 0 Å². The molecule has 1 aliphatic rings. The van der Waals surface area contributed by atoms with Crippen LogP contribution in [0.5, 0.6) is 0 Å². The maximum Gasteiger partial charge on any atom is 0.306 e. The highest BCUT2D eigenvalue weighted by Gasteiger charge is 2.20. The number of carbonyl (C=O) groups is 1. The number of nitrogens with zero attached hydrogens (tertiary/aromatic N) is 1. The van der Waals surface area contributed by atoms with Crippen LogP contribution in [0.25, 0.3) is 0 Å². The second-order valence-electron chi connectivity index (χ2n) is 4.42. The SMILES string of the molecule is COCCN(CCC(=O)OC)CC1CCC1. The molecule has 1 saturated carbocycles. The number of esters is 1. The van der Waals surface area contributed by atoms with E-state index in [1.807, 2.05) is 0 Å². The van der Waals surface area contributed by atoms with Crippen molar-refractivity contribution in [2.75, 3.05) is 40.5 Å². The van der Waals surface area contributed by atoms with E-state index in [1.54, 1.807) is 7.11 Å². The monoisotopic (exact) mass is 229 g/mol. The molecule has 0 saturated heterocycles. The van der Waals surface area contributed by atoms with E-state index in [-0.39, 0.29) is 5.97 Å². The van der Waals surface area contributed by atoms with Crippen LogP contribution in [-0.4, -0.2) is 51.3 Å². The molecule has 1 rings (SSSR count). The Hall–Kier alpha value is -0.610. The molecular weight excluding hydrogens is 206 g/mol. The van der Waals surface area contributed by atoms with Crippen molar-refractivity contribution in [1.29, 1.82) is 0 Å². The van der Waals surface area contributed by atoms with Gasteiger partial charge in [0.1, 0.15) is 0 Å². The van der Waals surface area contributed by atoms with Gasteiger partial charge < -0.3 is 14.4 Å². The lowest BCUT2D eigenvalue weighted by Gasteiger charge is -2.32. The van der Waals surface area contributed by atoms with Crippen LogP contribution >= 0.6 is 0 Å². The summed E-state index contributed by atoms with van der Waals surface area (Å²) in [6, 6.07) is 0. The fourth-order valence-corrected chi connectivity index (χ4v) is 1.91. The second kappa shape index (κ2) is 7.63. The van der Waals surface area contributed by atoms with Crippen LogP contribution in [0.15, 0.2) is 0 Å². The Balaban J connectivity index is 2.21. The zero-order chi connectivity index (χ0) is 11.8. The van der Waals surface area contributed by atoms with Crippen molar-refractivity contribution in [3.05, 3.63) is 0 Å². The first kappa shape index (κ1) is 13.5. The topological polar surface area (TPSA) is 38.8 Å².